The molecule has 3 N–H and O–H groups in total. The summed E-state index contributed by atoms with van der Waals surface area (Å²) >= 11 is 1.65. The first-order chi connectivity index (χ1) is 7.40. The highest BCUT2D eigenvalue weighted by atomic mass is 32.2. The number of piperazine rings is 1. The Labute approximate surface area is 102 Å². The molecule has 1 saturated heterocycles. The van der Waals surface area contributed by atoms with Gasteiger partial charge in [-0.05, 0) is 20.8 Å². The lowest BCUT2D eigenvalue weighted by Crippen LogP contribution is -2.49. The Morgan fingerprint density at radius 1 is 1.50 bits per heavy atom. The van der Waals surface area contributed by atoms with E-state index < -0.39 is 0 Å². The van der Waals surface area contributed by atoms with Gasteiger partial charge in [-0.1, -0.05) is 0 Å². The maximum absolute atomic E-state index is 12.1. The highest BCUT2D eigenvalue weighted by molar-refractivity contribution is 8.00. The van der Waals surface area contributed by atoms with Crippen LogP contribution in [0, 0.1) is 0 Å². The van der Waals surface area contributed by atoms with Crippen molar-refractivity contribution >= 4 is 17.7 Å². The number of nitrogens with zero attached hydrogens (tertiary/aromatic N) is 1. The molecule has 0 aromatic heterocycles. The summed E-state index contributed by atoms with van der Waals surface area (Å²) in [5.74, 6) is 1.06. The first-order valence-electron chi connectivity index (χ1n) is 5.80. The largest absolute Gasteiger partial charge is 0.339 e. The normalized spacial score (nSPS) is 19.6. The Balaban J connectivity index is 2.34. The molecule has 1 rings (SSSR count). The third-order valence-corrected chi connectivity index (χ3v) is 4.09. The number of rotatable bonds is 4. The van der Waals surface area contributed by atoms with Gasteiger partial charge in [0.05, 0.1) is 5.25 Å². The minimum absolute atomic E-state index is 0.0147. The molecule has 0 aromatic carbocycles. The van der Waals surface area contributed by atoms with Gasteiger partial charge in [0.15, 0.2) is 0 Å². The lowest BCUT2D eigenvalue weighted by Gasteiger charge is -2.30. The molecular formula is C11H23N3OS. The van der Waals surface area contributed by atoms with Crippen LogP contribution in [0.3, 0.4) is 0 Å². The summed E-state index contributed by atoms with van der Waals surface area (Å²) in [5.41, 5.74) is 5.70. The van der Waals surface area contributed by atoms with E-state index in [9.17, 15) is 4.79 Å². The molecule has 1 atom stereocenters. The third kappa shape index (κ3) is 4.72. The highest BCUT2D eigenvalue weighted by Gasteiger charge is 2.23. The Bertz CT molecular complexity index is 234. The fourth-order valence-corrected chi connectivity index (χ4v) is 2.52. The molecule has 1 fully saturated rings. The van der Waals surface area contributed by atoms with Gasteiger partial charge in [-0.15, -0.1) is 11.8 Å². The van der Waals surface area contributed by atoms with E-state index >= 15 is 0 Å². The molecule has 1 heterocycles. The quantitative estimate of drug-likeness (QED) is 0.747. The zero-order valence-corrected chi connectivity index (χ0v) is 11.3. The van der Waals surface area contributed by atoms with Crippen molar-refractivity contribution in [2.24, 2.45) is 5.73 Å². The minimum Gasteiger partial charge on any atom is -0.339 e. The predicted molar refractivity (Wildman–Crippen MR) is 69.6 cm³/mol. The molecule has 0 aromatic rings. The second kappa shape index (κ2) is 5.89. The molecule has 1 unspecified atom stereocenters. The summed E-state index contributed by atoms with van der Waals surface area (Å²) < 4.78 is 0. The lowest BCUT2D eigenvalue weighted by atomic mass is 10.1. The molecule has 1 amide bonds. The molecule has 94 valence electrons. The van der Waals surface area contributed by atoms with E-state index in [0.29, 0.717) is 0 Å². The molecule has 1 aliphatic heterocycles. The summed E-state index contributed by atoms with van der Waals surface area (Å²) in [6.07, 6.45) is 0. The van der Waals surface area contributed by atoms with Crippen LogP contribution >= 0.6 is 11.8 Å². The Morgan fingerprint density at radius 3 is 2.56 bits per heavy atom. The fraction of sp³-hybridized carbons (Fsp3) is 0.909. The van der Waals surface area contributed by atoms with Crippen molar-refractivity contribution in [2.75, 3.05) is 31.9 Å². The van der Waals surface area contributed by atoms with Crippen molar-refractivity contribution in [1.29, 1.82) is 0 Å². The number of carbonyl (C=O) groups is 1. The average Bonchev–Trinajstić information content (AvgIpc) is 2.25. The smallest absolute Gasteiger partial charge is 0.235 e. The molecule has 1 aliphatic rings. The van der Waals surface area contributed by atoms with Crippen LogP contribution in [0.25, 0.3) is 0 Å². The van der Waals surface area contributed by atoms with E-state index in [4.69, 9.17) is 5.73 Å². The van der Waals surface area contributed by atoms with Crippen LogP contribution in [0.5, 0.6) is 0 Å². The van der Waals surface area contributed by atoms with Crippen LogP contribution in [0.1, 0.15) is 20.8 Å². The van der Waals surface area contributed by atoms with Crippen molar-refractivity contribution in [3.8, 4) is 0 Å². The number of carbonyl (C=O) groups excluding carboxylic acids is 1. The standard InChI is InChI=1S/C11H23N3OS/c1-9(16-8-11(2,3)12)10(15)14-6-4-13-5-7-14/h9,13H,4-8,12H2,1-3H3. The van der Waals surface area contributed by atoms with Gasteiger partial charge >= 0.3 is 0 Å². The maximum atomic E-state index is 12.1. The fourth-order valence-electron chi connectivity index (χ4n) is 1.55. The summed E-state index contributed by atoms with van der Waals surface area (Å²) in [6.45, 7) is 9.42. The molecule has 0 radical (unpaired) electrons. The van der Waals surface area contributed by atoms with Crippen molar-refractivity contribution in [3.05, 3.63) is 0 Å². The molecule has 0 aliphatic carbocycles. The van der Waals surface area contributed by atoms with Crippen LogP contribution in [-0.4, -0.2) is 53.5 Å². The summed E-state index contributed by atoms with van der Waals surface area (Å²) in [4.78, 5) is 14.0. The second-order valence-electron chi connectivity index (χ2n) is 5.02. The zero-order chi connectivity index (χ0) is 12.2. The van der Waals surface area contributed by atoms with E-state index in [-0.39, 0.29) is 16.7 Å². The highest BCUT2D eigenvalue weighted by Crippen LogP contribution is 2.18. The zero-order valence-electron chi connectivity index (χ0n) is 10.5. The van der Waals surface area contributed by atoms with Crippen LogP contribution < -0.4 is 11.1 Å². The molecular weight excluding hydrogens is 222 g/mol. The van der Waals surface area contributed by atoms with Crippen LogP contribution in [0.4, 0.5) is 0 Å². The van der Waals surface area contributed by atoms with Crippen LogP contribution in [0.15, 0.2) is 0 Å². The third-order valence-electron chi connectivity index (χ3n) is 2.48. The molecule has 0 spiro atoms. The van der Waals surface area contributed by atoms with Crippen molar-refractivity contribution in [3.63, 3.8) is 0 Å². The lowest BCUT2D eigenvalue weighted by molar-refractivity contribution is -0.130. The maximum Gasteiger partial charge on any atom is 0.235 e. The minimum atomic E-state index is -0.206. The molecule has 0 bridgehead atoms. The van der Waals surface area contributed by atoms with Crippen molar-refractivity contribution in [1.82, 2.24) is 10.2 Å². The van der Waals surface area contributed by atoms with Gasteiger partial charge in [0.2, 0.25) is 5.91 Å². The first kappa shape index (κ1) is 13.8. The van der Waals surface area contributed by atoms with Gasteiger partial charge in [0.1, 0.15) is 0 Å². The van der Waals surface area contributed by atoms with E-state index in [0.717, 1.165) is 31.9 Å². The van der Waals surface area contributed by atoms with E-state index in [1.165, 1.54) is 0 Å². The number of hydrogen-bond donors (Lipinski definition) is 2. The van der Waals surface area contributed by atoms with E-state index in [1.807, 2.05) is 25.7 Å². The Morgan fingerprint density at radius 2 is 2.06 bits per heavy atom. The van der Waals surface area contributed by atoms with E-state index in [1.54, 1.807) is 11.8 Å². The second-order valence-corrected chi connectivity index (χ2v) is 6.35. The van der Waals surface area contributed by atoms with Crippen LogP contribution in [0.2, 0.25) is 0 Å². The number of nitrogens with two attached hydrogens (primary N) is 1. The summed E-state index contributed by atoms with van der Waals surface area (Å²) in [7, 11) is 0. The van der Waals surface area contributed by atoms with Gasteiger partial charge in [-0.3, -0.25) is 4.79 Å². The molecule has 0 saturated carbocycles. The average molecular weight is 245 g/mol. The molecule has 4 nitrogen and oxygen atoms in total. The monoisotopic (exact) mass is 245 g/mol. The molecule has 5 heteroatoms. The SMILES string of the molecule is CC(SCC(C)(C)N)C(=O)N1CCNCC1. The number of thioether (sulfide) groups is 1. The molecule has 16 heavy (non-hydrogen) atoms. The number of amides is 1. The first-order valence-corrected chi connectivity index (χ1v) is 6.85. The van der Waals surface area contributed by atoms with Crippen molar-refractivity contribution < 1.29 is 4.79 Å². The van der Waals surface area contributed by atoms with E-state index in [2.05, 4.69) is 5.32 Å². The van der Waals surface area contributed by atoms with Crippen molar-refractivity contribution in [2.45, 2.75) is 31.6 Å². The Kier molecular flexibility index (Phi) is 5.08. The van der Waals surface area contributed by atoms with Crippen LogP contribution in [-0.2, 0) is 4.79 Å². The Hall–Kier alpha value is -0.260. The van der Waals surface area contributed by atoms with Gasteiger partial charge in [0, 0.05) is 37.5 Å². The summed E-state index contributed by atoms with van der Waals surface area (Å²) in [6, 6.07) is 0. The van der Waals surface area contributed by atoms with Gasteiger partial charge in [-0.25, -0.2) is 0 Å². The van der Waals surface area contributed by atoms with Gasteiger partial charge < -0.3 is 16.0 Å². The summed E-state index contributed by atoms with van der Waals surface area (Å²) in [5, 5.41) is 3.26. The topological polar surface area (TPSA) is 58.4 Å². The van der Waals surface area contributed by atoms with Gasteiger partial charge in [0.25, 0.3) is 0 Å². The van der Waals surface area contributed by atoms with Gasteiger partial charge in [-0.2, -0.15) is 0 Å². The number of nitrogens with one attached hydrogen (secondary N) is 1. The predicted octanol–water partition coefficient (Wildman–Crippen LogP) is 0.277. The number of hydrogen-bond acceptors (Lipinski definition) is 4.